The number of hydrogen-bond donors (Lipinski definition) is 1. The molecule has 1 aliphatic heterocycles. The zero-order valence-corrected chi connectivity index (χ0v) is 14.4. The third kappa shape index (κ3) is 3.01. The summed E-state index contributed by atoms with van der Waals surface area (Å²) in [6.45, 7) is 2.37. The van der Waals surface area contributed by atoms with Crippen LogP contribution in [0, 0.1) is 11.3 Å². The molecule has 0 aliphatic carbocycles. The molecule has 0 saturated carbocycles. The average Bonchev–Trinajstić information content (AvgIpc) is 3.05. The number of phenols is 1. The molecule has 0 saturated heterocycles. The smallest absolute Gasteiger partial charge is 0.205 e. The number of aromatic hydroxyl groups is 1. The molecule has 6 heteroatoms. The Balaban J connectivity index is 2.02. The van der Waals surface area contributed by atoms with Crippen molar-refractivity contribution in [2.75, 3.05) is 6.61 Å². The van der Waals surface area contributed by atoms with Gasteiger partial charge in [0.1, 0.15) is 23.1 Å². The van der Waals surface area contributed by atoms with E-state index in [2.05, 4.69) is 0 Å². The third-order valence-electron chi connectivity index (χ3n) is 3.32. The Morgan fingerprint density at radius 3 is 2.54 bits per heavy atom. The van der Waals surface area contributed by atoms with Gasteiger partial charge in [0.25, 0.3) is 0 Å². The lowest BCUT2D eigenvalue weighted by atomic mass is 10.1. The van der Waals surface area contributed by atoms with Gasteiger partial charge in [0.15, 0.2) is 0 Å². The van der Waals surface area contributed by atoms with Gasteiger partial charge in [-0.1, -0.05) is 53.9 Å². The highest BCUT2D eigenvalue weighted by Crippen LogP contribution is 2.58. The summed E-state index contributed by atoms with van der Waals surface area (Å²) in [5, 5.41) is 19.6. The van der Waals surface area contributed by atoms with Crippen LogP contribution in [0.4, 0.5) is 0 Å². The molecule has 0 atom stereocenters. The van der Waals surface area contributed by atoms with Crippen LogP contribution in [0.25, 0.3) is 0 Å². The summed E-state index contributed by atoms with van der Waals surface area (Å²) in [6.07, 6.45) is 0. The summed E-state index contributed by atoms with van der Waals surface area (Å²) in [5.41, 5.74) is 0.544. The fourth-order valence-electron chi connectivity index (χ4n) is 2.23. The van der Waals surface area contributed by atoms with Crippen molar-refractivity contribution in [1.82, 2.24) is 0 Å². The van der Waals surface area contributed by atoms with Crippen molar-refractivity contribution >= 4 is 29.3 Å². The number of nitriles is 1. The number of nitrogens with zero attached hydrogens (tertiary/aromatic N) is 1. The molecule has 0 amide bonds. The van der Waals surface area contributed by atoms with Crippen LogP contribution < -0.4 is 4.74 Å². The maximum Gasteiger partial charge on any atom is 0.205 e. The first kappa shape index (κ1) is 16.5. The maximum absolute atomic E-state index is 12.6. The predicted molar refractivity (Wildman–Crippen MR) is 94.4 cm³/mol. The van der Waals surface area contributed by atoms with Crippen molar-refractivity contribution < 1.29 is 14.6 Å². The van der Waals surface area contributed by atoms with Crippen LogP contribution in [0.1, 0.15) is 17.3 Å². The molecule has 3 rings (SSSR count). The van der Waals surface area contributed by atoms with Crippen LogP contribution in [-0.2, 0) is 0 Å². The Bertz CT molecular complexity index is 870. The van der Waals surface area contributed by atoms with E-state index in [-0.39, 0.29) is 17.1 Å². The molecule has 0 spiro atoms. The monoisotopic (exact) mass is 355 g/mol. The van der Waals surface area contributed by atoms with E-state index >= 15 is 0 Å². The molecule has 4 nitrogen and oxygen atoms in total. The fraction of sp³-hybridized carbons (Fsp3) is 0.111. The summed E-state index contributed by atoms with van der Waals surface area (Å²) >= 11 is 2.51. The Hall–Kier alpha value is -2.36. The SMILES string of the molecule is CCOc1ccc(O)c2c1S/C(=C(/C#N)C(=O)c1ccccc1)S2. The van der Waals surface area contributed by atoms with Gasteiger partial charge < -0.3 is 9.84 Å². The van der Waals surface area contributed by atoms with Crippen molar-refractivity contribution in [1.29, 1.82) is 5.26 Å². The lowest BCUT2D eigenvalue weighted by Crippen LogP contribution is -2.02. The van der Waals surface area contributed by atoms with E-state index in [4.69, 9.17) is 4.74 Å². The van der Waals surface area contributed by atoms with Gasteiger partial charge >= 0.3 is 0 Å². The minimum Gasteiger partial charge on any atom is -0.507 e. The highest BCUT2D eigenvalue weighted by molar-refractivity contribution is 8.24. The number of thioether (sulfide) groups is 2. The molecule has 0 radical (unpaired) electrons. The Morgan fingerprint density at radius 1 is 1.17 bits per heavy atom. The molecule has 1 aliphatic rings. The van der Waals surface area contributed by atoms with E-state index in [9.17, 15) is 15.2 Å². The molecule has 120 valence electrons. The number of ether oxygens (including phenoxy) is 1. The number of carbonyl (C=O) groups is 1. The van der Waals surface area contributed by atoms with Crippen molar-refractivity contribution in [3.63, 3.8) is 0 Å². The summed E-state index contributed by atoms with van der Waals surface area (Å²) in [5.74, 6) is 0.436. The maximum atomic E-state index is 12.6. The van der Waals surface area contributed by atoms with E-state index in [0.717, 1.165) is 4.90 Å². The highest BCUT2D eigenvalue weighted by atomic mass is 32.2. The largest absolute Gasteiger partial charge is 0.507 e. The first-order valence-electron chi connectivity index (χ1n) is 7.24. The van der Waals surface area contributed by atoms with Crippen molar-refractivity contribution in [3.05, 3.63) is 57.8 Å². The first-order valence-corrected chi connectivity index (χ1v) is 8.87. The Kier molecular flexibility index (Phi) is 4.84. The van der Waals surface area contributed by atoms with Crippen LogP contribution in [0.5, 0.6) is 11.5 Å². The van der Waals surface area contributed by atoms with Crippen LogP contribution in [-0.4, -0.2) is 17.5 Å². The zero-order chi connectivity index (χ0) is 17.1. The second kappa shape index (κ2) is 7.04. The van der Waals surface area contributed by atoms with Gasteiger partial charge in [0.2, 0.25) is 5.78 Å². The van der Waals surface area contributed by atoms with Gasteiger partial charge in [-0.2, -0.15) is 5.26 Å². The quantitative estimate of drug-likeness (QED) is 0.491. The normalized spacial score (nSPS) is 14.7. The van der Waals surface area contributed by atoms with Crippen LogP contribution in [0.15, 0.2) is 62.1 Å². The number of fused-ring (bicyclic) bond motifs is 1. The third-order valence-corrected chi connectivity index (χ3v) is 5.96. The van der Waals surface area contributed by atoms with Gasteiger partial charge in [0, 0.05) is 5.56 Å². The predicted octanol–water partition coefficient (Wildman–Crippen LogP) is 4.61. The Labute approximate surface area is 148 Å². The van der Waals surface area contributed by atoms with Crippen molar-refractivity contribution in [3.8, 4) is 17.6 Å². The lowest BCUT2D eigenvalue weighted by molar-refractivity contribution is 0.103. The van der Waals surface area contributed by atoms with E-state index in [1.807, 2.05) is 19.1 Å². The summed E-state index contributed by atoms with van der Waals surface area (Å²) in [4.78, 5) is 14.0. The summed E-state index contributed by atoms with van der Waals surface area (Å²) in [7, 11) is 0. The molecular weight excluding hydrogens is 342 g/mol. The minimum atomic E-state index is -0.321. The summed E-state index contributed by atoms with van der Waals surface area (Å²) in [6, 6.07) is 14.0. The number of ketones is 1. The standard InChI is InChI=1S/C18H13NO3S2/c1-2-22-14-9-8-13(20)16-17(14)24-18(23-16)12(10-19)15(21)11-6-4-3-5-7-11/h3-9,20H,2H2,1H3/b18-12-. The second-order valence-electron chi connectivity index (χ2n) is 4.85. The van der Waals surface area contributed by atoms with E-state index < -0.39 is 0 Å². The molecular formula is C18H13NO3S2. The van der Waals surface area contributed by atoms with Crippen LogP contribution in [0.3, 0.4) is 0 Å². The molecule has 2 aromatic rings. The zero-order valence-electron chi connectivity index (χ0n) is 12.8. The van der Waals surface area contributed by atoms with Crippen molar-refractivity contribution in [2.24, 2.45) is 0 Å². The van der Waals surface area contributed by atoms with Crippen LogP contribution in [0.2, 0.25) is 0 Å². The van der Waals surface area contributed by atoms with Gasteiger partial charge in [-0.3, -0.25) is 4.79 Å². The minimum absolute atomic E-state index is 0.0780. The van der Waals surface area contributed by atoms with Gasteiger partial charge in [-0.25, -0.2) is 0 Å². The number of carbonyl (C=O) groups excluding carboxylic acids is 1. The second-order valence-corrected chi connectivity index (χ2v) is 7.15. The van der Waals surface area contributed by atoms with Gasteiger partial charge in [-0.15, -0.1) is 0 Å². The molecule has 0 bridgehead atoms. The van der Waals surface area contributed by atoms with Gasteiger partial charge in [-0.05, 0) is 19.1 Å². The number of rotatable bonds is 4. The number of Topliss-reactive ketones (excluding diaryl/α,β-unsaturated/α-hetero) is 1. The number of hydrogen-bond acceptors (Lipinski definition) is 6. The topological polar surface area (TPSA) is 70.3 Å². The van der Waals surface area contributed by atoms with Crippen molar-refractivity contribution in [2.45, 2.75) is 16.7 Å². The number of allylic oxidation sites excluding steroid dienone is 1. The number of benzene rings is 2. The lowest BCUT2D eigenvalue weighted by Gasteiger charge is -2.08. The van der Waals surface area contributed by atoms with Gasteiger partial charge in [0.05, 0.1) is 20.6 Å². The van der Waals surface area contributed by atoms with Crippen LogP contribution >= 0.6 is 23.5 Å². The average molecular weight is 355 g/mol. The highest BCUT2D eigenvalue weighted by Gasteiger charge is 2.30. The van der Waals surface area contributed by atoms with E-state index in [0.29, 0.717) is 27.1 Å². The molecule has 1 heterocycles. The fourth-order valence-corrected chi connectivity index (χ4v) is 4.79. The molecule has 1 N–H and O–H groups in total. The molecule has 0 unspecified atom stereocenters. The van der Waals surface area contributed by atoms with E-state index in [1.165, 1.54) is 23.5 Å². The van der Waals surface area contributed by atoms with E-state index in [1.54, 1.807) is 36.4 Å². The Morgan fingerprint density at radius 2 is 1.88 bits per heavy atom. The number of phenolic OH excluding ortho intramolecular Hbond substituents is 1. The molecule has 2 aromatic carbocycles. The molecule has 24 heavy (non-hydrogen) atoms. The molecule has 0 fully saturated rings. The molecule has 0 aromatic heterocycles. The first-order chi connectivity index (χ1) is 11.7. The summed E-state index contributed by atoms with van der Waals surface area (Å²) < 4.78 is 6.13.